The number of amides is 1. The number of carbonyl (C=O) groups excluding carboxylic acids is 1. The summed E-state index contributed by atoms with van der Waals surface area (Å²) in [5.74, 6) is 0.169. The van der Waals surface area contributed by atoms with E-state index in [0.717, 1.165) is 34.0 Å². The Morgan fingerprint density at radius 1 is 1.15 bits per heavy atom. The van der Waals surface area contributed by atoms with Crippen LogP contribution in [0.1, 0.15) is 29.3 Å². The Hall–Kier alpha value is -3.91. The number of rotatable bonds is 10. The van der Waals surface area contributed by atoms with Crippen LogP contribution in [0.5, 0.6) is 11.8 Å². The first-order chi connectivity index (χ1) is 16.6. The molecule has 2 aromatic carbocycles. The fraction of sp³-hybridized carbons (Fsp3) is 0.269. The van der Waals surface area contributed by atoms with Crippen molar-refractivity contribution in [2.75, 3.05) is 20.3 Å². The second kappa shape index (κ2) is 10.8. The Kier molecular flexibility index (Phi) is 7.39. The Balaban J connectivity index is 1.58. The van der Waals surface area contributed by atoms with E-state index in [1.807, 2.05) is 43.5 Å². The maximum Gasteiger partial charge on any atom is 0.316 e. The maximum atomic E-state index is 13.3. The van der Waals surface area contributed by atoms with E-state index in [4.69, 9.17) is 9.47 Å². The van der Waals surface area contributed by atoms with Gasteiger partial charge in [-0.3, -0.25) is 4.79 Å². The van der Waals surface area contributed by atoms with Gasteiger partial charge in [-0.1, -0.05) is 31.2 Å². The quantitative estimate of drug-likeness (QED) is 0.333. The first kappa shape index (κ1) is 23.3. The van der Waals surface area contributed by atoms with Crippen LogP contribution in [0, 0.1) is 0 Å². The number of methoxy groups -OCH3 is 1. The third kappa shape index (κ3) is 5.18. The summed E-state index contributed by atoms with van der Waals surface area (Å²) >= 11 is 0. The SMILES string of the molecule is CCCOc1ccc(-c2cnc(OC)nc2)cc1C(=O)N[C@H](CO)Cc1c[nH]c2ccccc12. The van der Waals surface area contributed by atoms with E-state index in [-0.39, 0.29) is 18.5 Å². The van der Waals surface area contributed by atoms with E-state index in [0.29, 0.717) is 24.3 Å². The van der Waals surface area contributed by atoms with Gasteiger partial charge in [0.25, 0.3) is 5.91 Å². The average molecular weight is 461 g/mol. The molecule has 0 saturated carbocycles. The van der Waals surface area contributed by atoms with Crippen LogP contribution in [0.25, 0.3) is 22.0 Å². The summed E-state index contributed by atoms with van der Waals surface area (Å²) in [6.07, 6.45) is 6.50. The normalized spacial score (nSPS) is 11.9. The summed E-state index contributed by atoms with van der Waals surface area (Å²) in [4.78, 5) is 24.8. The van der Waals surface area contributed by atoms with Gasteiger partial charge in [-0.05, 0) is 42.2 Å². The highest BCUT2D eigenvalue weighted by Crippen LogP contribution is 2.27. The molecular formula is C26H28N4O4. The van der Waals surface area contributed by atoms with Crippen molar-refractivity contribution in [3.05, 3.63) is 72.2 Å². The lowest BCUT2D eigenvalue weighted by Crippen LogP contribution is -2.39. The number of para-hydroxylation sites is 1. The molecule has 0 bridgehead atoms. The van der Waals surface area contributed by atoms with Gasteiger partial charge in [0.1, 0.15) is 5.75 Å². The van der Waals surface area contributed by atoms with Crippen molar-refractivity contribution < 1.29 is 19.4 Å². The third-order valence-corrected chi connectivity index (χ3v) is 5.53. The lowest BCUT2D eigenvalue weighted by molar-refractivity contribution is 0.0912. The van der Waals surface area contributed by atoms with E-state index in [2.05, 4.69) is 20.3 Å². The molecule has 8 nitrogen and oxygen atoms in total. The van der Waals surface area contributed by atoms with Crippen LogP contribution in [0.15, 0.2) is 61.1 Å². The number of benzene rings is 2. The van der Waals surface area contributed by atoms with E-state index in [1.54, 1.807) is 24.5 Å². The summed E-state index contributed by atoms with van der Waals surface area (Å²) in [5, 5.41) is 14.0. The lowest BCUT2D eigenvalue weighted by atomic mass is 10.0. The summed E-state index contributed by atoms with van der Waals surface area (Å²) < 4.78 is 10.9. The van der Waals surface area contributed by atoms with Crippen LogP contribution in [0.3, 0.4) is 0 Å². The number of nitrogens with one attached hydrogen (secondary N) is 2. The van der Waals surface area contributed by atoms with Gasteiger partial charge < -0.3 is 24.9 Å². The van der Waals surface area contributed by atoms with Crippen LogP contribution in [-0.4, -0.2) is 52.3 Å². The van der Waals surface area contributed by atoms with Gasteiger partial charge in [0, 0.05) is 35.1 Å². The lowest BCUT2D eigenvalue weighted by Gasteiger charge is -2.18. The monoisotopic (exact) mass is 460 g/mol. The molecule has 1 atom stereocenters. The minimum Gasteiger partial charge on any atom is -0.493 e. The highest BCUT2D eigenvalue weighted by molar-refractivity contribution is 5.98. The highest BCUT2D eigenvalue weighted by atomic mass is 16.5. The fourth-order valence-electron chi connectivity index (χ4n) is 3.79. The Morgan fingerprint density at radius 3 is 2.68 bits per heavy atom. The number of aromatic amines is 1. The molecule has 0 aliphatic heterocycles. The number of aliphatic hydroxyl groups is 1. The molecule has 8 heteroatoms. The molecule has 4 aromatic rings. The molecule has 34 heavy (non-hydrogen) atoms. The smallest absolute Gasteiger partial charge is 0.316 e. The first-order valence-corrected chi connectivity index (χ1v) is 11.2. The van der Waals surface area contributed by atoms with Crippen LogP contribution in [-0.2, 0) is 6.42 Å². The van der Waals surface area contributed by atoms with Gasteiger partial charge in [0.15, 0.2) is 0 Å². The molecule has 0 unspecified atom stereocenters. The predicted molar refractivity (Wildman–Crippen MR) is 130 cm³/mol. The number of hydrogen-bond donors (Lipinski definition) is 3. The van der Waals surface area contributed by atoms with Crippen molar-refractivity contribution in [3.8, 4) is 22.9 Å². The molecule has 2 aromatic heterocycles. The summed E-state index contributed by atoms with van der Waals surface area (Å²) in [5.41, 5.74) is 3.95. The molecule has 0 radical (unpaired) electrons. The molecule has 2 heterocycles. The number of aromatic nitrogens is 3. The van der Waals surface area contributed by atoms with Gasteiger partial charge in [0.05, 0.1) is 31.9 Å². The van der Waals surface area contributed by atoms with E-state index < -0.39 is 6.04 Å². The fourth-order valence-corrected chi connectivity index (χ4v) is 3.79. The molecule has 0 spiro atoms. The Morgan fingerprint density at radius 2 is 1.94 bits per heavy atom. The largest absolute Gasteiger partial charge is 0.493 e. The van der Waals surface area contributed by atoms with Crippen LogP contribution in [0.4, 0.5) is 0 Å². The number of carbonyl (C=O) groups is 1. The van der Waals surface area contributed by atoms with Gasteiger partial charge in [-0.2, -0.15) is 0 Å². The second-order valence-corrected chi connectivity index (χ2v) is 7.93. The van der Waals surface area contributed by atoms with Gasteiger partial charge in [-0.25, -0.2) is 9.97 Å². The first-order valence-electron chi connectivity index (χ1n) is 11.2. The molecular weight excluding hydrogens is 432 g/mol. The topological polar surface area (TPSA) is 109 Å². The van der Waals surface area contributed by atoms with Crippen LogP contribution >= 0.6 is 0 Å². The summed E-state index contributed by atoms with van der Waals surface area (Å²) in [7, 11) is 1.51. The summed E-state index contributed by atoms with van der Waals surface area (Å²) in [6.45, 7) is 2.30. The van der Waals surface area contributed by atoms with E-state index >= 15 is 0 Å². The standard InChI is InChI=1S/C26H28N4O4/c1-3-10-34-24-9-8-17(19-14-28-26(33-2)29-15-19)12-22(24)25(32)30-20(16-31)11-18-13-27-23-7-5-4-6-21(18)23/h4-9,12-15,20,27,31H,3,10-11,16H2,1-2H3,(H,30,32)/t20-/m0/s1. The molecule has 176 valence electrons. The van der Waals surface area contributed by atoms with Crippen molar-refractivity contribution in [1.82, 2.24) is 20.3 Å². The van der Waals surface area contributed by atoms with Gasteiger partial charge in [-0.15, -0.1) is 0 Å². The molecule has 3 N–H and O–H groups in total. The van der Waals surface area contributed by atoms with E-state index in [9.17, 15) is 9.90 Å². The van der Waals surface area contributed by atoms with Crippen LogP contribution < -0.4 is 14.8 Å². The zero-order valence-corrected chi connectivity index (χ0v) is 19.2. The van der Waals surface area contributed by atoms with Gasteiger partial charge in [0.2, 0.25) is 0 Å². The Labute approximate surface area is 198 Å². The number of H-pyrrole nitrogens is 1. The molecule has 0 aliphatic carbocycles. The van der Waals surface area contributed by atoms with Crippen LogP contribution in [0.2, 0.25) is 0 Å². The Bertz CT molecular complexity index is 1250. The van der Waals surface area contributed by atoms with Crippen molar-refractivity contribution in [2.24, 2.45) is 0 Å². The minimum absolute atomic E-state index is 0.192. The third-order valence-electron chi connectivity index (χ3n) is 5.53. The van der Waals surface area contributed by atoms with Crippen molar-refractivity contribution in [1.29, 1.82) is 0 Å². The van der Waals surface area contributed by atoms with Crippen molar-refractivity contribution >= 4 is 16.8 Å². The average Bonchev–Trinajstić information content (AvgIpc) is 3.29. The zero-order valence-electron chi connectivity index (χ0n) is 19.2. The molecule has 1 amide bonds. The minimum atomic E-state index is -0.460. The number of hydrogen-bond acceptors (Lipinski definition) is 6. The molecule has 4 rings (SSSR count). The number of fused-ring (bicyclic) bond motifs is 1. The highest BCUT2D eigenvalue weighted by Gasteiger charge is 2.20. The maximum absolute atomic E-state index is 13.3. The zero-order chi connectivity index (χ0) is 23.9. The summed E-state index contributed by atoms with van der Waals surface area (Å²) in [6, 6.07) is 13.2. The molecule has 0 saturated heterocycles. The molecule has 0 fully saturated rings. The predicted octanol–water partition coefficient (Wildman–Crippen LogP) is 3.76. The van der Waals surface area contributed by atoms with Crippen molar-refractivity contribution in [3.63, 3.8) is 0 Å². The number of aliphatic hydroxyl groups excluding tert-OH is 1. The number of ether oxygens (including phenoxy) is 2. The molecule has 0 aliphatic rings. The second-order valence-electron chi connectivity index (χ2n) is 7.93. The number of nitrogens with zero attached hydrogens (tertiary/aromatic N) is 2. The van der Waals surface area contributed by atoms with Crippen molar-refractivity contribution in [2.45, 2.75) is 25.8 Å². The van der Waals surface area contributed by atoms with E-state index in [1.165, 1.54) is 7.11 Å². The van der Waals surface area contributed by atoms with Gasteiger partial charge >= 0.3 is 6.01 Å².